The van der Waals surface area contributed by atoms with Crippen LogP contribution in [0.5, 0.6) is 0 Å². The number of hydrogen-bond acceptors (Lipinski definition) is 2. The Morgan fingerprint density at radius 1 is 1.47 bits per heavy atom. The number of fused-ring (bicyclic) bond motifs is 1. The third kappa shape index (κ3) is 1.04. The van der Waals surface area contributed by atoms with Gasteiger partial charge in [-0.25, -0.2) is 0 Å². The van der Waals surface area contributed by atoms with Crippen molar-refractivity contribution < 1.29 is 9.84 Å². The first kappa shape index (κ1) is 9.73. The van der Waals surface area contributed by atoms with Crippen LogP contribution in [0.1, 0.15) is 32.6 Å². The summed E-state index contributed by atoms with van der Waals surface area (Å²) in [6, 6.07) is 0. The van der Waals surface area contributed by atoms with Gasteiger partial charge in [0.15, 0.2) is 5.41 Å². The molecule has 0 heterocycles. The van der Waals surface area contributed by atoms with E-state index in [4.69, 9.17) is 4.74 Å². The maximum Gasteiger partial charge on any atom is 0.254 e. The van der Waals surface area contributed by atoms with E-state index in [1.807, 2.05) is 6.92 Å². The van der Waals surface area contributed by atoms with Crippen molar-refractivity contribution in [2.24, 2.45) is 17.3 Å². The molecule has 4 atom stereocenters. The van der Waals surface area contributed by atoms with Crippen LogP contribution >= 0.6 is 0 Å². The molecule has 0 aromatic carbocycles. The second-order valence-corrected chi connectivity index (χ2v) is 5.59. The first-order valence-electron chi connectivity index (χ1n) is 5.91. The van der Waals surface area contributed by atoms with E-state index in [0.717, 1.165) is 25.7 Å². The third-order valence-corrected chi connectivity index (χ3v) is 4.82. The van der Waals surface area contributed by atoms with Crippen molar-refractivity contribution in [1.29, 1.82) is 0 Å². The van der Waals surface area contributed by atoms with Gasteiger partial charge in [-0.1, -0.05) is 6.08 Å². The van der Waals surface area contributed by atoms with Gasteiger partial charge < -0.3 is 5.11 Å². The minimum Gasteiger partial charge on any atom is -0.390 e. The van der Waals surface area contributed by atoms with Gasteiger partial charge in [-0.3, -0.25) is 0 Å². The minimum atomic E-state index is -0.493. The summed E-state index contributed by atoms with van der Waals surface area (Å²) in [7, 11) is 1.79. The Kier molecular flexibility index (Phi) is 1.82. The monoisotopic (exact) mass is 207 g/mol. The lowest BCUT2D eigenvalue weighted by Gasteiger charge is -2.27. The van der Waals surface area contributed by atoms with Crippen molar-refractivity contribution in [1.82, 2.24) is 0 Å². The predicted octanol–water partition coefficient (Wildman–Crippen LogP) is 2.29. The van der Waals surface area contributed by atoms with Crippen LogP contribution in [-0.4, -0.2) is 17.8 Å². The zero-order valence-electron chi connectivity index (χ0n) is 9.49. The molecule has 82 valence electrons. The zero-order chi connectivity index (χ0) is 10.7. The van der Waals surface area contributed by atoms with E-state index in [0.29, 0.717) is 11.8 Å². The summed E-state index contributed by atoms with van der Waals surface area (Å²) >= 11 is 0. The summed E-state index contributed by atoms with van der Waals surface area (Å²) in [5.74, 6) is 0.931. The van der Waals surface area contributed by atoms with Crippen LogP contribution in [0.25, 0.3) is 0 Å². The molecule has 0 aliphatic heterocycles. The number of methoxy groups -OCH3 is 1. The van der Waals surface area contributed by atoms with Crippen LogP contribution in [0.2, 0.25) is 0 Å². The van der Waals surface area contributed by atoms with E-state index < -0.39 is 5.60 Å². The highest BCUT2D eigenvalue weighted by atomic mass is 16.5. The molecule has 0 saturated heterocycles. The van der Waals surface area contributed by atoms with Crippen LogP contribution < -0.4 is 0 Å². The predicted molar refractivity (Wildman–Crippen MR) is 57.9 cm³/mol. The molecular weight excluding hydrogens is 188 g/mol. The van der Waals surface area contributed by atoms with Crippen molar-refractivity contribution in [2.45, 2.75) is 38.2 Å². The van der Waals surface area contributed by atoms with Crippen LogP contribution in [0.15, 0.2) is 12.2 Å². The lowest BCUT2D eigenvalue weighted by molar-refractivity contribution is 0.00256. The van der Waals surface area contributed by atoms with E-state index in [1.165, 1.54) is 6.10 Å². The molecule has 0 aromatic heterocycles. The van der Waals surface area contributed by atoms with Crippen molar-refractivity contribution in [2.75, 3.05) is 7.11 Å². The van der Waals surface area contributed by atoms with Crippen LogP contribution in [-0.2, 0) is 4.74 Å². The molecule has 3 rings (SSSR count). The second-order valence-electron chi connectivity index (χ2n) is 5.59. The summed E-state index contributed by atoms with van der Waals surface area (Å²) in [5, 5.41) is 10.4. The van der Waals surface area contributed by atoms with Crippen molar-refractivity contribution in [3.05, 3.63) is 18.3 Å². The van der Waals surface area contributed by atoms with E-state index in [9.17, 15) is 5.11 Å². The van der Waals surface area contributed by atoms with Crippen LogP contribution in [0.3, 0.4) is 0 Å². The Morgan fingerprint density at radius 3 is 3.00 bits per heavy atom. The van der Waals surface area contributed by atoms with E-state index in [-0.39, 0.29) is 5.41 Å². The molecule has 0 aromatic rings. The van der Waals surface area contributed by atoms with Gasteiger partial charge in [0.25, 0.3) is 6.10 Å². The first-order chi connectivity index (χ1) is 7.10. The Balaban J connectivity index is 2.05. The fourth-order valence-corrected chi connectivity index (χ4v) is 4.18. The normalized spacial score (nSPS) is 52.3. The topological polar surface area (TPSA) is 29.5 Å². The van der Waals surface area contributed by atoms with Crippen molar-refractivity contribution in [3.8, 4) is 0 Å². The molecule has 2 fully saturated rings. The molecule has 0 amide bonds. The minimum absolute atomic E-state index is 0.0706. The molecule has 2 bridgehead atoms. The fourth-order valence-electron chi connectivity index (χ4n) is 4.18. The van der Waals surface area contributed by atoms with Crippen LogP contribution in [0.4, 0.5) is 0 Å². The smallest absolute Gasteiger partial charge is 0.254 e. The third-order valence-electron chi connectivity index (χ3n) is 4.82. The molecule has 3 aliphatic rings. The Morgan fingerprint density at radius 2 is 2.27 bits per heavy atom. The molecule has 0 radical (unpaired) electrons. The van der Waals surface area contributed by atoms with Gasteiger partial charge in [0, 0.05) is 25.2 Å². The molecule has 15 heavy (non-hydrogen) atoms. The summed E-state index contributed by atoms with van der Waals surface area (Å²) in [4.78, 5) is 0. The lowest BCUT2D eigenvalue weighted by Crippen LogP contribution is -2.35. The highest BCUT2D eigenvalue weighted by molar-refractivity contribution is 5.31. The first-order valence-corrected chi connectivity index (χ1v) is 5.91. The number of hydrogen-bond donors (Lipinski definition) is 1. The Labute approximate surface area is 91.3 Å². The average molecular weight is 207 g/mol. The number of ether oxygens (including phenoxy) is 1. The van der Waals surface area contributed by atoms with Gasteiger partial charge in [0.05, 0.1) is 12.7 Å². The van der Waals surface area contributed by atoms with E-state index >= 15 is 0 Å². The quantitative estimate of drug-likeness (QED) is 0.528. The molecule has 2 saturated carbocycles. The summed E-state index contributed by atoms with van der Waals surface area (Å²) in [5.41, 5.74) is -0.422. The van der Waals surface area contributed by atoms with Crippen molar-refractivity contribution >= 4 is 0 Å². The summed E-state index contributed by atoms with van der Waals surface area (Å²) in [6.07, 6.45) is 9.99. The van der Waals surface area contributed by atoms with E-state index in [2.05, 4.69) is 12.2 Å². The van der Waals surface area contributed by atoms with Gasteiger partial charge >= 0.3 is 0 Å². The maximum atomic E-state index is 10.4. The van der Waals surface area contributed by atoms with Crippen LogP contribution in [0, 0.1) is 23.4 Å². The Bertz CT molecular complexity index is 308. The van der Waals surface area contributed by atoms with Gasteiger partial charge in [-0.05, 0) is 19.4 Å². The summed E-state index contributed by atoms with van der Waals surface area (Å²) in [6.45, 7) is 1.99. The molecule has 2 nitrogen and oxygen atoms in total. The van der Waals surface area contributed by atoms with Gasteiger partial charge in [0.2, 0.25) is 0 Å². The number of allylic oxidation sites excluding steroid dienone is 1. The Hall–Kier alpha value is -0.470. The lowest BCUT2D eigenvalue weighted by atomic mass is 9.73. The molecular formula is C13H19O2+. The van der Waals surface area contributed by atoms with Gasteiger partial charge in [-0.15, -0.1) is 0 Å². The SMILES string of the molecule is CO[C+]1[C@H]2CC=C[C@@]13CC[C@@](C)(O)[C@H]3C2. The van der Waals surface area contributed by atoms with Gasteiger partial charge in [0.1, 0.15) is 5.92 Å². The number of rotatable bonds is 1. The average Bonchev–Trinajstić information content (AvgIpc) is 2.53. The van der Waals surface area contributed by atoms with Gasteiger partial charge in [-0.2, -0.15) is 4.74 Å². The standard InChI is InChI=1S/C13H19O2/c1-12(14)6-7-13-5-3-4-9(8-10(12)13)11(13)15-2/h3,5,9-10,14H,4,6-8H2,1-2H3/q+1/t9-,10+,12+,13-/m0/s1. The molecule has 0 unspecified atom stereocenters. The molecule has 3 aliphatic carbocycles. The largest absolute Gasteiger partial charge is 0.390 e. The van der Waals surface area contributed by atoms with Crippen molar-refractivity contribution in [3.63, 3.8) is 0 Å². The zero-order valence-corrected chi connectivity index (χ0v) is 9.49. The molecule has 1 spiro atoms. The maximum absolute atomic E-state index is 10.4. The highest BCUT2D eigenvalue weighted by Crippen LogP contribution is 2.67. The number of aliphatic hydroxyl groups is 1. The molecule has 2 heteroatoms. The second kappa shape index (κ2) is 2.80. The summed E-state index contributed by atoms with van der Waals surface area (Å²) < 4.78 is 5.63. The van der Waals surface area contributed by atoms with E-state index in [1.54, 1.807) is 7.11 Å². The molecule has 1 N–H and O–H groups in total. The fraction of sp³-hybridized carbons (Fsp3) is 0.769. The highest BCUT2D eigenvalue weighted by Gasteiger charge is 2.72.